The normalized spacial score (nSPS) is 18.4. The van der Waals surface area contributed by atoms with Crippen molar-refractivity contribution in [3.63, 3.8) is 0 Å². The van der Waals surface area contributed by atoms with Crippen LogP contribution in [0.25, 0.3) is 10.2 Å². The van der Waals surface area contributed by atoms with Crippen molar-refractivity contribution < 1.29 is 9.59 Å². The minimum Gasteiger partial charge on any atom is -0.354 e. The molecule has 1 saturated heterocycles. The van der Waals surface area contributed by atoms with Gasteiger partial charge in [0, 0.05) is 45.2 Å². The molecule has 0 radical (unpaired) electrons. The minimum absolute atomic E-state index is 0.0457. The van der Waals surface area contributed by atoms with Crippen molar-refractivity contribution >= 4 is 45.1 Å². The highest BCUT2D eigenvalue weighted by Gasteiger charge is 2.29. The molecule has 0 spiro atoms. The molecule has 8 heteroatoms. The summed E-state index contributed by atoms with van der Waals surface area (Å²) in [4.78, 5) is 33.6. The number of carbonyl (C=O) groups is 2. The van der Waals surface area contributed by atoms with E-state index in [1.54, 1.807) is 11.3 Å². The Kier molecular flexibility index (Phi) is 7.05. The Morgan fingerprint density at radius 3 is 2.66 bits per heavy atom. The lowest BCUT2D eigenvalue weighted by molar-refractivity contribution is -0.137. The number of aromatic nitrogens is 1. The maximum Gasteiger partial charge on any atom is 0.230 e. The fraction of sp³-hybridized carbons (Fsp3) is 0.571. The number of rotatable bonds is 7. The lowest BCUT2D eigenvalue weighted by Crippen LogP contribution is -2.51. The molecular formula is C21H28N4O2S2. The molecule has 0 bridgehead atoms. The van der Waals surface area contributed by atoms with Gasteiger partial charge < -0.3 is 10.2 Å². The van der Waals surface area contributed by atoms with Crippen LogP contribution in [-0.2, 0) is 9.59 Å². The number of nitrogens with zero attached hydrogens (tertiary/aromatic N) is 3. The predicted molar refractivity (Wildman–Crippen MR) is 118 cm³/mol. The van der Waals surface area contributed by atoms with Gasteiger partial charge in [0.25, 0.3) is 0 Å². The molecule has 4 rings (SSSR count). The molecule has 6 nitrogen and oxygen atoms in total. The van der Waals surface area contributed by atoms with Crippen molar-refractivity contribution in [2.24, 2.45) is 5.92 Å². The third-order valence-electron chi connectivity index (χ3n) is 5.74. The number of thioether (sulfide) groups is 1. The molecule has 0 atom stereocenters. The van der Waals surface area contributed by atoms with Crippen molar-refractivity contribution in [1.82, 2.24) is 20.1 Å². The first-order valence-corrected chi connectivity index (χ1v) is 12.3. The highest BCUT2D eigenvalue weighted by atomic mass is 32.2. The molecule has 2 amide bonds. The highest BCUT2D eigenvalue weighted by Crippen LogP contribution is 2.29. The molecule has 2 fully saturated rings. The van der Waals surface area contributed by atoms with Crippen LogP contribution in [0.3, 0.4) is 0 Å². The number of amides is 2. The van der Waals surface area contributed by atoms with Gasteiger partial charge in [-0.2, -0.15) is 0 Å². The standard InChI is InChI=1S/C21H28N4O2S2/c26-19(15-28-21-23-17-7-3-4-8-18(17)29-21)22-9-10-24-11-13-25(14-12-24)20(27)16-5-1-2-6-16/h3-4,7-8,16H,1-2,5-6,9-15H2,(H,22,26). The zero-order valence-electron chi connectivity index (χ0n) is 16.6. The van der Waals surface area contributed by atoms with E-state index in [0.29, 0.717) is 18.2 Å². The topological polar surface area (TPSA) is 65.5 Å². The largest absolute Gasteiger partial charge is 0.354 e. The second-order valence-electron chi connectivity index (χ2n) is 7.73. The summed E-state index contributed by atoms with van der Waals surface area (Å²) in [5.41, 5.74) is 0.992. The fourth-order valence-electron chi connectivity index (χ4n) is 4.07. The van der Waals surface area contributed by atoms with Crippen molar-refractivity contribution in [2.45, 2.75) is 30.0 Å². The second kappa shape index (κ2) is 9.91. The fourth-order valence-corrected chi connectivity index (χ4v) is 5.97. The second-order valence-corrected chi connectivity index (χ2v) is 9.99. The van der Waals surface area contributed by atoms with Crippen molar-refractivity contribution in [1.29, 1.82) is 0 Å². The molecule has 156 valence electrons. The summed E-state index contributed by atoms with van der Waals surface area (Å²) in [6.45, 7) is 4.91. The Balaban J connectivity index is 1.11. The smallest absolute Gasteiger partial charge is 0.230 e. The van der Waals surface area contributed by atoms with Gasteiger partial charge in [-0.05, 0) is 25.0 Å². The number of para-hydroxylation sites is 1. The summed E-state index contributed by atoms with van der Waals surface area (Å²) in [7, 11) is 0. The Morgan fingerprint density at radius 2 is 1.90 bits per heavy atom. The Hall–Kier alpha value is -1.64. The first-order chi connectivity index (χ1) is 14.2. The number of hydrogen-bond acceptors (Lipinski definition) is 6. The van der Waals surface area contributed by atoms with Crippen LogP contribution in [0.15, 0.2) is 28.6 Å². The molecular weight excluding hydrogens is 404 g/mol. The van der Waals surface area contributed by atoms with Gasteiger partial charge in [-0.15, -0.1) is 11.3 Å². The van der Waals surface area contributed by atoms with Crippen LogP contribution in [0.4, 0.5) is 0 Å². The molecule has 29 heavy (non-hydrogen) atoms. The monoisotopic (exact) mass is 432 g/mol. The number of hydrogen-bond donors (Lipinski definition) is 1. The molecule has 0 unspecified atom stereocenters. The van der Waals surface area contributed by atoms with Gasteiger partial charge in [0.2, 0.25) is 11.8 Å². The predicted octanol–water partition coefficient (Wildman–Crippen LogP) is 2.84. The number of fused-ring (bicyclic) bond motifs is 1. The summed E-state index contributed by atoms with van der Waals surface area (Å²) in [5, 5.41) is 3.01. The maximum absolute atomic E-state index is 12.5. The van der Waals surface area contributed by atoms with Gasteiger partial charge >= 0.3 is 0 Å². The number of thiazole rings is 1. The average molecular weight is 433 g/mol. The van der Waals surface area contributed by atoms with E-state index in [4.69, 9.17) is 0 Å². The Labute approximate surface area is 180 Å². The molecule has 1 aliphatic heterocycles. The zero-order valence-corrected chi connectivity index (χ0v) is 18.3. The first kappa shape index (κ1) is 20.6. The quantitative estimate of drug-likeness (QED) is 0.682. The van der Waals surface area contributed by atoms with Gasteiger partial charge in [0.05, 0.1) is 16.0 Å². The van der Waals surface area contributed by atoms with Gasteiger partial charge in [-0.3, -0.25) is 14.5 Å². The Morgan fingerprint density at radius 1 is 1.14 bits per heavy atom. The molecule has 1 aliphatic carbocycles. The van der Waals surface area contributed by atoms with Gasteiger partial charge in [0.15, 0.2) is 4.34 Å². The number of benzene rings is 1. The van der Waals surface area contributed by atoms with Crippen molar-refractivity contribution in [2.75, 3.05) is 45.0 Å². The van der Waals surface area contributed by atoms with Crippen LogP contribution in [0.1, 0.15) is 25.7 Å². The first-order valence-electron chi connectivity index (χ1n) is 10.5. The van der Waals surface area contributed by atoms with Crippen LogP contribution in [0.5, 0.6) is 0 Å². The van der Waals surface area contributed by atoms with Crippen LogP contribution < -0.4 is 5.32 Å². The summed E-state index contributed by atoms with van der Waals surface area (Å²) in [6.07, 6.45) is 4.54. The van der Waals surface area contributed by atoms with E-state index < -0.39 is 0 Å². The van der Waals surface area contributed by atoms with Gasteiger partial charge in [0.1, 0.15) is 0 Å². The highest BCUT2D eigenvalue weighted by molar-refractivity contribution is 8.01. The zero-order chi connectivity index (χ0) is 20.1. The molecule has 1 aromatic heterocycles. The van der Waals surface area contributed by atoms with Crippen LogP contribution in [-0.4, -0.2) is 71.6 Å². The van der Waals surface area contributed by atoms with E-state index in [-0.39, 0.29) is 11.8 Å². The maximum atomic E-state index is 12.5. The number of carbonyl (C=O) groups excluding carboxylic acids is 2. The summed E-state index contributed by atoms with van der Waals surface area (Å²) in [5.74, 6) is 1.07. The molecule has 1 N–H and O–H groups in total. The van der Waals surface area contributed by atoms with Crippen LogP contribution >= 0.6 is 23.1 Å². The summed E-state index contributed by atoms with van der Waals surface area (Å²) < 4.78 is 2.09. The van der Waals surface area contributed by atoms with Crippen LogP contribution in [0.2, 0.25) is 0 Å². The molecule has 1 aromatic carbocycles. The van der Waals surface area contributed by atoms with Gasteiger partial charge in [-0.25, -0.2) is 4.98 Å². The van der Waals surface area contributed by atoms with E-state index in [2.05, 4.69) is 21.3 Å². The van der Waals surface area contributed by atoms with Crippen LogP contribution in [0, 0.1) is 5.92 Å². The third kappa shape index (κ3) is 5.49. The summed E-state index contributed by atoms with van der Waals surface area (Å²) in [6, 6.07) is 8.04. The molecule has 2 aromatic rings. The van der Waals surface area contributed by atoms with Crippen molar-refractivity contribution in [3.05, 3.63) is 24.3 Å². The third-order valence-corrected chi connectivity index (χ3v) is 7.92. The Bertz CT molecular complexity index is 809. The molecule has 2 heterocycles. The van der Waals surface area contributed by atoms with E-state index in [1.165, 1.54) is 24.6 Å². The lowest BCUT2D eigenvalue weighted by atomic mass is 10.1. The average Bonchev–Trinajstić information content (AvgIpc) is 3.42. The minimum atomic E-state index is 0.0457. The van der Waals surface area contributed by atoms with E-state index in [1.807, 2.05) is 23.1 Å². The van der Waals surface area contributed by atoms with Crippen molar-refractivity contribution in [3.8, 4) is 0 Å². The number of nitrogens with one attached hydrogen (secondary N) is 1. The lowest BCUT2D eigenvalue weighted by Gasteiger charge is -2.36. The van der Waals surface area contributed by atoms with E-state index >= 15 is 0 Å². The summed E-state index contributed by atoms with van der Waals surface area (Å²) >= 11 is 3.12. The molecule has 2 aliphatic rings. The van der Waals surface area contributed by atoms with Gasteiger partial charge in [-0.1, -0.05) is 36.7 Å². The number of piperazine rings is 1. The molecule has 1 saturated carbocycles. The SMILES string of the molecule is O=C(CSc1nc2ccccc2s1)NCCN1CCN(C(=O)C2CCCC2)CC1. The van der Waals surface area contributed by atoms with E-state index in [0.717, 1.165) is 60.1 Å². The van der Waals surface area contributed by atoms with E-state index in [9.17, 15) is 9.59 Å².